The Morgan fingerprint density at radius 3 is 2.52 bits per heavy atom. The van der Waals surface area contributed by atoms with E-state index >= 15 is 0 Å². The molecule has 0 unspecified atom stereocenters. The predicted octanol–water partition coefficient (Wildman–Crippen LogP) is 3.78. The Morgan fingerprint density at radius 1 is 1.29 bits per heavy atom. The van der Waals surface area contributed by atoms with Gasteiger partial charge in [-0.1, -0.05) is 12.1 Å². The van der Waals surface area contributed by atoms with E-state index in [-0.39, 0.29) is 5.69 Å². The minimum absolute atomic E-state index is 0.0806. The van der Waals surface area contributed by atoms with E-state index in [1.165, 1.54) is 0 Å². The third-order valence-electron chi connectivity index (χ3n) is 2.66. The highest BCUT2D eigenvalue weighted by Crippen LogP contribution is 2.32. The Balaban J connectivity index is 2.55. The van der Waals surface area contributed by atoms with E-state index in [9.17, 15) is 19.3 Å². The van der Waals surface area contributed by atoms with E-state index in [2.05, 4.69) is 5.32 Å². The number of nitro benzene ring substituents is 1. The number of carbonyl (C=O) groups is 1. The molecule has 0 aliphatic heterocycles. The fraction of sp³-hybridized carbons (Fsp3) is 0. The highest BCUT2D eigenvalue weighted by atomic mass is 127. The van der Waals surface area contributed by atoms with Crippen LogP contribution in [0.25, 0.3) is 0 Å². The number of para-hydroxylation sites is 1. The molecule has 0 fully saturated rings. The summed E-state index contributed by atoms with van der Waals surface area (Å²) < 4.78 is 14.3. The van der Waals surface area contributed by atoms with E-state index in [0.29, 0.717) is 11.8 Å². The monoisotopic (exact) mass is 402 g/mol. The van der Waals surface area contributed by atoms with Crippen molar-refractivity contribution in [2.24, 2.45) is 0 Å². The van der Waals surface area contributed by atoms with Crippen molar-refractivity contribution in [2.45, 2.75) is 0 Å². The molecule has 2 N–H and O–H groups in total. The van der Waals surface area contributed by atoms with Crippen LogP contribution in [0.15, 0.2) is 36.4 Å². The number of hydrogen-bond donors (Lipinski definition) is 2. The number of halogens is 2. The fourth-order valence-electron chi connectivity index (χ4n) is 1.69. The van der Waals surface area contributed by atoms with Crippen molar-refractivity contribution in [1.29, 1.82) is 0 Å². The summed E-state index contributed by atoms with van der Waals surface area (Å²) >= 11 is 2.02. The summed E-state index contributed by atoms with van der Waals surface area (Å²) in [6.07, 6.45) is 0. The van der Waals surface area contributed by atoms with Crippen LogP contribution in [-0.2, 0) is 0 Å². The summed E-state index contributed by atoms with van der Waals surface area (Å²) in [6.45, 7) is 0. The van der Waals surface area contributed by atoms with E-state index in [1.807, 2.05) is 22.6 Å². The van der Waals surface area contributed by atoms with Crippen LogP contribution in [0.1, 0.15) is 10.4 Å². The molecule has 6 nitrogen and oxygen atoms in total. The molecule has 0 aliphatic carbocycles. The molecule has 0 spiro atoms. The zero-order valence-corrected chi connectivity index (χ0v) is 12.5. The number of carboxylic acids is 1. The average Bonchev–Trinajstić information content (AvgIpc) is 2.42. The Morgan fingerprint density at radius 2 is 1.95 bits per heavy atom. The Hall–Kier alpha value is -2.23. The van der Waals surface area contributed by atoms with Gasteiger partial charge in [-0.3, -0.25) is 10.1 Å². The molecule has 108 valence electrons. The molecular formula is C13H8FIN2O4. The lowest BCUT2D eigenvalue weighted by molar-refractivity contribution is -0.384. The van der Waals surface area contributed by atoms with Crippen molar-refractivity contribution < 1.29 is 19.2 Å². The maximum atomic E-state index is 13.5. The molecule has 0 amide bonds. The third-order valence-corrected chi connectivity index (χ3v) is 3.60. The lowest BCUT2D eigenvalue weighted by Crippen LogP contribution is -2.05. The van der Waals surface area contributed by atoms with E-state index in [0.717, 1.165) is 9.64 Å². The molecule has 0 aromatic heterocycles. The molecule has 21 heavy (non-hydrogen) atoms. The predicted molar refractivity (Wildman–Crippen MR) is 82.5 cm³/mol. The molecule has 0 saturated carbocycles. The topological polar surface area (TPSA) is 92.5 Å². The summed E-state index contributed by atoms with van der Waals surface area (Å²) in [5.41, 5.74) is -0.682. The molecule has 0 radical (unpaired) electrons. The van der Waals surface area contributed by atoms with Crippen molar-refractivity contribution >= 4 is 45.6 Å². The SMILES string of the molecule is O=C(O)c1cc(Nc2ccccc2I)c([N+](=O)[O-])cc1F. The number of nitrogens with zero attached hydrogens (tertiary/aromatic N) is 1. The van der Waals surface area contributed by atoms with Crippen LogP contribution in [0.3, 0.4) is 0 Å². The highest BCUT2D eigenvalue weighted by Gasteiger charge is 2.22. The first kappa shape index (κ1) is 15.2. The van der Waals surface area contributed by atoms with Gasteiger partial charge in [0.1, 0.15) is 11.5 Å². The van der Waals surface area contributed by atoms with Crippen LogP contribution >= 0.6 is 22.6 Å². The summed E-state index contributed by atoms with van der Waals surface area (Å²) in [5.74, 6) is -2.64. The fourth-order valence-corrected chi connectivity index (χ4v) is 2.21. The van der Waals surface area contributed by atoms with Gasteiger partial charge in [0, 0.05) is 3.57 Å². The number of anilines is 2. The van der Waals surface area contributed by atoms with Crippen LogP contribution in [0, 0.1) is 19.5 Å². The first-order valence-corrected chi connectivity index (χ1v) is 6.71. The molecule has 2 aromatic carbocycles. The standard InChI is InChI=1S/C13H8FIN2O4/c14-8-6-12(17(20)21)11(5-7(8)13(18)19)16-10-4-2-1-3-9(10)15/h1-6,16H,(H,18,19). The Labute approximate surface area is 131 Å². The van der Waals surface area contributed by atoms with Crippen LogP contribution in [0.2, 0.25) is 0 Å². The summed E-state index contributed by atoms with van der Waals surface area (Å²) in [4.78, 5) is 21.1. The van der Waals surface area contributed by atoms with Crippen molar-refractivity contribution in [3.63, 3.8) is 0 Å². The van der Waals surface area contributed by atoms with Gasteiger partial charge in [-0.15, -0.1) is 0 Å². The Kier molecular flexibility index (Phi) is 4.36. The molecule has 2 aromatic rings. The number of aromatic carboxylic acids is 1. The number of hydrogen-bond acceptors (Lipinski definition) is 4. The molecule has 0 bridgehead atoms. The van der Waals surface area contributed by atoms with Gasteiger partial charge in [0.05, 0.1) is 22.2 Å². The summed E-state index contributed by atoms with van der Waals surface area (Å²) in [5, 5.41) is 22.6. The molecule has 8 heteroatoms. The van der Waals surface area contributed by atoms with E-state index in [4.69, 9.17) is 5.11 Å². The Bertz CT molecular complexity index is 736. The highest BCUT2D eigenvalue weighted by molar-refractivity contribution is 14.1. The van der Waals surface area contributed by atoms with Crippen molar-refractivity contribution in [1.82, 2.24) is 0 Å². The maximum Gasteiger partial charge on any atom is 0.338 e. The number of nitro groups is 1. The summed E-state index contributed by atoms with van der Waals surface area (Å²) in [6, 6.07) is 8.47. The van der Waals surface area contributed by atoms with Gasteiger partial charge in [-0.05, 0) is 40.8 Å². The third kappa shape index (κ3) is 3.27. The van der Waals surface area contributed by atoms with E-state index < -0.39 is 28.0 Å². The first-order valence-electron chi connectivity index (χ1n) is 5.63. The van der Waals surface area contributed by atoms with Gasteiger partial charge in [0.2, 0.25) is 0 Å². The normalized spacial score (nSPS) is 10.2. The lowest BCUT2D eigenvalue weighted by atomic mass is 10.1. The van der Waals surface area contributed by atoms with Gasteiger partial charge in [-0.25, -0.2) is 9.18 Å². The largest absolute Gasteiger partial charge is 0.478 e. The molecule has 0 heterocycles. The van der Waals surface area contributed by atoms with E-state index in [1.54, 1.807) is 24.3 Å². The quantitative estimate of drug-likeness (QED) is 0.462. The van der Waals surface area contributed by atoms with Crippen LogP contribution in [0.4, 0.5) is 21.5 Å². The van der Waals surface area contributed by atoms with Gasteiger partial charge >= 0.3 is 5.97 Å². The molecular weight excluding hydrogens is 394 g/mol. The van der Waals surface area contributed by atoms with Gasteiger partial charge < -0.3 is 10.4 Å². The maximum absolute atomic E-state index is 13.5. The van der Waals surface area contributed by atoms with Gasteiger partial charge in [0.15, 0.2) is 0 Å². The lowest BCUT2D eigenvalue weighted by Gasteiger charge is -2.10. The second-order valence-electron chi connectivity index (χ2n) is 4.02. The number of carboxylic acid groups (broad SMARTS) is 1. The van der Waals surface area contributed by atoms with Crippen LogP contribution < -0.4 is 5.32 Å². The van der Waals surface area contributed by atoms with Crippen LogP contribution in [-0.4, -0.2) is 16.0 Å². The number of nitrogens with one attached hydrogen (secondary N) is 1. The second kappa shape index (κ2) is 6.04. The molecule has 0 atom stereocenters. The van der Waals surface area contributed by atoms with Crippen LogP contribution in [0.5, 0.6) is 0 Å². The number of benzene rings is 2. The number of rotatable bonds is 4. The van der Waals surface area contributed by atoms with Crippen molar-refractivity contribution in [3.05, 3.63) is 61.5 Å². The van der Waals surface area contributed by atoms with Gasteiger partial charge in [-0.2, -0.15) is 0 Å². The average molecular weight is 402 g/mol. The summed E-state index contributed by atoms with van der Waals surface area (Å²) in [7, 11) is 0. The first-order chi connectivity index (χ1) is 9.90. The molecule has 0 aliphatic rings. The second-order valence-corrected chi connectivity index (χ2v) is 5.18. The minimum Gasteiger partial charge on any atom is -0.478 e. The molecule has 2 rings (SSSR count). The smallest absolute Gasteiger partial charge is 0.338 e. The zero-order chi connectivity index (χ0) is 15.6. The van der Waals surface area contributed by atoms with Crippen molar-refractivity contribution in [2.75, 3.05) is 5.32 Å². The minimum atomic E-state index is -1.49. The van der Waals surface area contributed by atoms with Crippen molar-refractivity contribution in [3.8, 4) is 0 Å². The molecule has 0 saturated heterocycles. The van der Waals surface area contributed by atoms with Gasteiger partial charge in [0.25, 0.3) is 5.69 Å². The zero-order valence-electron chi connectivity index (χ0n) is 10.3.